The van der Waals surface area contributed by atoms with E-state index >= 15 is 0 Å². The Balaban J connectivity index is 2.46. The van der Waals surface area contributed by atoms with Crippen molar-refractivity contribution in [2.75, 3.05) is 6.61 Å². The molecule has 0 heterocycles. The highest BCUT2D eigenvalue weighted by Gasteiger charge is 2.36. The Morgan fingerprint density at radius 3 is 2.75 bits per heavy atom. The lowest BCUT2D eigenvalue weighted by Gasteiger charge is -2.12. The number of carbonyl (C=O) groups excluding carboxylic acids is 1. The Morgan fingerprint density at radius 2 is 2.33 bits per heavy atom. The van der Waals surface area contributed by atoms with E-state index in [-0.39, 0.29) is 17.9 Å². The fourth-order valence-electron chi connectivity index (χ4n) is 1.56. The molecule has 0 radical (unpaired) electrons. The third-order valence-corrected chi connectivity index (χ3v) is 2.18. The van der Waals surface area contributed by atoms with Gasteiger partial charge in [-0.1, -0.05) is 0 Å². The number of hydrogen-bond acceptors (Lipinski definition) is 4. The molecule has 0 aromatic carbocycles. The fraction of sp³-hybridized carbons (Fsp3) is 0.875. The summed E-state index contributed by atoms with van der Waals surface area (Å²) in [6.45, 7) is 2.13. The van der Waals surface area contributed by atoms with E-state index in [2.05, 4.69) is 0 Å². The summed E-state index contributed by atoms with van der Waals surface area (Å²) in [5.74, 6) is -0.582. The van der Waals surface area contributed by atoms with Crippen LogP contribution in [0.1, 0.15) is 19.8 Å². The van der Waals surface area contributed by atoms with Crippen LogP contribution in [0.4, 0.5) is 0 Å². The zero-order chi connectivity index (χ0) is 9.14. The fourth-order valence-corrected chi connectivity index (χ4v) is 1.56. The summed E-state index contributed by atoms with van der Waals surface area (Å²) in [7, 11) is 0. The first-order chi connectivity index (χ1) is 5.65. The molecule has 4 heteroatoms. The van der Waals surface area contributed by atoms with Gasteiger partial charge in [0.05, 0.1) is 18.6 Å². The van der Waals surface area contributed by atoms with Gasteiger partial charge in [-0.25, -0.2) is 0 Å². The summed E-state index contributed by atoms with van der Waals surface area (Å²) in [5, 5.41) is 9.20. The number of nitrogens with two attached hydrogens (primary N) is 1. The standard InChI is InChI=1S/C8H15NO3/c1-2-12-8(11)6-3-5(10)4-7(6)9/h5-7,10H,2-4,9H2,1H3. The van der Waals surface area contributed by atoms with Gasteiger partial charge in [0.25, 0.3) is 0 Å². The SMILES string of the molecule is CCOC(=O)C1CC(O)CC1N. The molecule has 3 atom stereocenters. The lowest BCUT2D eigenvalue weighted by atomic mass is 10.1. The number of ether oxygens (including phenoxy) is 1. The van der Waals surface area contributed by atoms with Crippen LogP contribution in [-0.2, 0) is 9.53 Å². The van der Waals surface area contributed by atoms with Gasteiger partial charge in [-0.2, -0.15) is 0 Å². The van der Waals surface area contributed by atoms with E-state index in [0.717, 1.165) is 0 Å². The summed E-state index contributed by atoms with van der Waals surface area (Å²) >= 11 is 0. The second kappa shape index (κ2) is 3.87. The van der Waals surface area contributed by atoms with E-state index in [1.807, 2.05) is 0 Å². The average molecular weight is 173 g/mol. The summed E-state index contributed by atoms with van der Waals surface area (Å²) in [4.78, 5) is 11.2. The molecule has 3 unspecified atom stereocenters. The molecule has 0 amide bonds. The van der Waals surface area contributed by atoms with E-state index in [1.165, 1.54) is 0 Å². The minimum Gasteiger partial charge on any atom is -0.466 e. The molecule has 0 spiro atoms. The van der Waals surface area contributed by atoms with Gasteiger partial charge in [-0.05, 0) is 19.8 Å². The van der Waals surface area contributed by atoms with Crippen molar-refractivity contribution in [2.45, 2.75) is 31.9 Å². The summed E-state index contributed by atoms with van der Waals surface area (Å²) < 4.78 is 4.81. The largest absolute Gasteiger partial charge is 0.466 e. The minimum atomic E-state index is -0.436. The van der Waals surface area contributed by atoms with E-state index in [9.17, 15) is 9.90 Å². The van der Waals surface area contributed by atoms with Crippen LogP contribution in [0.25, 0.3) is 0 Å². The maximum absolute atomic E-state index is 11.2. The number of hydrogen-bond donors (Lipinski definition) is 2. The molecule has 1 rings (SSSR count). The predicted octanol–water partition coefficient (Wildman–Crippen LogP) is -0.352. The van der Waals surface area contributed by atoms with Crippen molar-refractivity contribution >= 4 is 5.97 Å². The highest BCUT2D eigenvalue weighted by Crippen LogP contribution is 2.25. The lowest BCUT2D eigenvalue weighted by Crippen LogP contribution is -2.31. The van der Waals surface area contributed by atoms with Gasteiger partial charge < -0.3 is 15.6 Å². The number of rotatable bonds is 2. The van der Waals surface area contributed by atoms with E-state index in [0.29, 0.717) is 19.4 Å². The zero-order valence-electron chi connectivity index (χ0n) is 7.19. The molecule has 1 aliphatic carbocycles. The molecule has 0 saturated heterocycles. The summed E-state index contributed by atoms with van der Waals surface area (Å²) in [5.41, 5.74) is 5.64. The number of carbonyl (C=O) groups is 1. The normalized spacial score (nSPS) is 35.1. The van der Waals surface area contributed by atoms with Crippen molar-refractivity contribution in [1.82, 2.24) is 0 Å². The average Bonchev–Trinajstić information content (AvgIpc) is 2.30. The third kappa shape index (κ3) is 1.95. The second-order valence-corrected chi connectivity index (χ2v) is 3.15. The van der Waals surface area contributed by atoms with Crippen molar-refractivity contribution in [3.05, 3.63) is 0 Å². The van der Waals surface area contributed by atoms with Crippen LogP contribution >= 0.6 is 0 Å². The molecule has 1 aliphatic rings. The predicted molar refractivity (Wildman–Crippen MR) is 43.3 cm³/mol. The molecule has 1 saturated carbocycles. The Kier molecular flexibility index (Phi) is 3.05. The smallest absolute Gasteiger partial charge is 0.310 e. The Bertz CT molecular complexity index is 172. The Hall–Kier alpha value is -0.610. The molecule has 4 nitrogen and oxygen atoms in total. The van der Waals surface area contributed by atoms with Gasteiger partial charge in [-0.3, -0.25) is 4.79 Å². The van der Waals surface area contributed by atoms with Crippen molar-refractivity contribution in [3.8, 4) is 0 Å². The van der Waals surface area contributed by atoms with Crippen LogP contribution in [0, 0.1) is 5.92 Å². The lowest BCUT2D eigenvalue weighted by molar-refractivity contribution is -0.148. The summed E-state index contributed by atoms with van der Waals surface area (Å²) in [6, 6.07) is -0.237. The van der Waals surface area contributed by atoms with Gasteiger partial charge in [0.2, 0.25) is 0 Å². The van der Waals surface area contributed by atoms with E-state index in [1.54, 1.807) is 6.92 Å². The topological polar surface area (TPSA) is 72.5 Å². The molecule has 0 aliphatic heterocycles. The highest BCUT2D eigenvalue weighted by atomic mass is 16.5. The third-order valence-electron chi connectivity index (χ3n) is 2.18. The van der Waals surface area contributed by atoms with Crippen molar-refractivity contribution in [3.63, 3.8) is 0 Å². The second-order valence-electron chi connectivity index (χ2n) is 3.15. The molecule has 12 heavy (non-hydrogen) atoms. The van der Waals surface area contributed by atoms with Crippen LogP contribution in [0.5, 0.6) is 0 Å². The minimum absolute atomic E-state index is 0.237. The quantitative estimate of drug-likeness (QED) is 0.560. The van der Waals surface area contributed by atoms with Crippen LogP contribution in [0.2, 0.25) is 0 Å². The van der Waals surface area contributed by atoms with E-state index < -0.39 is 6.10 Å². The first-order valence-electron chi connectivity index (χ1n) is 4.25. The monoisotopic (exact) mass is 173 g/mol. The van der Waals surface area contributed by atoms with Crippen molar-refractivity contribution in [1.29, 1.82) is 0 Å². The highest BCUT2D eigenvalue weighted by molar-refractivity contribution is 5.73. The van der Waals surface area contributed by atoms with Gasteiger partial charge in [-0.15, -0.1) is 0 Å². The summed E-state index contributed by atoms with van der Waals surface area (Å²) in [6.07, 6.45) is 0.512. The van der Waals surface area contributed by atoms with E-state index in [4.69, 9.17) is 10.5 Å². The Labute approximate surface area is 71.7 Å². The first-order valence-corrected chi connectivity index (χ1v) is 4.25. The molecular weight excluding hydrogens is 158 g/mol. The number of aliphatic hydroxyl groups is 1. The van der Waals surface area contributed by atoms with Crippen molar-refractivity contribution in [2.24, 2.45) is 11.7 Å². The van der Waals surface area contributed by atoms with Crippen LogP contribution in [0.3, 0.4) is 0 Å². The Morgan fingerprint density at radius 1 is 1.67 bits per heavy atom. The van der Waals surface area contributed by atoms with Crippen LogP contribution < -0.4 is 5.73 Å². The molecule has 0 bridgehead atoms. The number of esters is 1. The molecule has 0 aromatic rings. The zero-order valence-corrected chi connectivity index (χ0v) is 7.19. The maximum atomic E-state index is 11.2. The molecular formula is C8H15NO3. The molecule has 3 N–H and O–H groups in total. The first kappa shape index (κ1) is 9.48. The van der Waals surface area contributed by atoms with Gasteiger partial charge >= 0.3 is 5.97 Å². The van der Waals surface area contributed by atoms with Crippen LogP contribution in [0.15, 0.2) is 0 Å². The maximum Gasteiger partial charge on any atom is 0.310 e. The van der Waals surface area contributed by atoms with Gasteiger partial charge in [0.1, 0.15) is 0 Å². The van der Waals surface area contributed by atoms with Gasteiger partial charge in [0, 0.05) is 6.04 Å². The molecule has 70 valence electrons. The molecule has 1 fully saturated rings. The van der Waals surface area contributed by atoms with Crippen LogP contribution in [-0.4, -0.2) is 29.8 Å². The van der Waals surface area contributed by atoms with Crippen molar-refractivity contribution < 1.29 is 14.6 Å². The van der Waals surface area contributed by atoms with Gasteiger partial charge in [0.15, 0.2) is 0 Å². The number of aliphatic hydroxyl groups excluding tert-OH is 1. The molecule has 0 aromatic heterocycles.